The second-order valence-corrected chi connectivity index (χ2v) is 6.55. The lowest BCUT2D eigenvalue weighted by molar-refractivity contribution is -0.0812. The van der Waals surface area contributed by atoms with E-state index >= 15 is 0 Å². The molecule has 4 rings (SSSR count). The fourth-order valence-corrected chi connectivity index (χ4v) is 4.08. The highest BCUT2D eigenvalue weighted by molar-refractivity contribution is 5.19. The second kappa shape index (κ2) is 6.72. The molecule has 0 amide bonds. The van der Waals surface area contributed by atoms with Crippen LogP contribution in [0.15, 0.2) is 45.6 Å². The number of furan rings is 2. The van der Waals surface area contributed by atoms with Gasteiger partial charge in [-0.1, -0.05) is 0 Å². The third-order valence-corrected chi connectivity index (χ3v) is 5.30. The van der Waals surface area contributed by atoms with E-state index in [1.165, 1.54) is 0 Å². The number of piperazine rings is 1. The van der Waals surface area contributed by atoms with Crippen molar-refractivity contribution < 1.29 is 18.3 Å². The van der Waals surface area contributed by atoms with Crippen molar-refractivity contribution in [2.45, 2.75) is 49.2 Å². The molecule has 2 aliphatic rings. The molecule has 6 atom stereocenters. The lowest BCUT2D eigenvalue weighted by Gasteiger charge is -2.48. The second-order valence-electron chi connectivity index (χ2n) is 6.55. The van der Waals surface area contributed by atoms with Crippen LogP contribution in [0.3, 0.4) is 0 Å². The van der Waals surface area contributed by atoms with Crippen LogP contribution in [0, 0.1) is 0 Å². The molecule has 2 fully saturated rings. The van der Waals surface area contributed by atoms with Crippen LogP contribution in [0.2, 0.25) is 0 Å². The summed E-state index contributed by atoms with van der Waals surface area (Å²) in [6.07, 6.45) is 5.42. The molecule has 1 aliphatic heterocycles. The van der Waals surface area contributed by atoms with Gasteiger partial charge >= 0.3 is 0 Å². The van der Waals surface area contributed by atoms with Gasteiger partial charge in [0.15, 0.2) is 0 Å². The average Bonchev–Trinajstić information content (AvgIpc) is 3.32. The Hall–Kier alpha value is -1.60. The first-order chi connectivity index (χ1) is 11.8. The lowest BCUT2D eigenvalue weighted by atomic mass is 9.81. The molecular weight excluding hydrogens is 308 g/mol. The van der Waals surface area contributed by atoms with E-state index in [9.17, 15) is 0 Å². The highest BCUT2D eigenvalue weighted by atomic mass is 16.5. The van der Waals surface area contributed by atoms with Gasteiger partial charge in [0.25, 0.3) is 0 Å². The minimum Gasteiger partial charge on any atom is -0.468 e. The van der Waals surface area contributed by atoms with Gasteiger partial charge in [0.1, 0.15) is 11.5 Å². The highest BCUT2D eigenvalue weighted by Crippen LogP contribution is 2.38. The summed E-state index contributed by atoms with van der Waals surface area (Å²) in [5.41, 5.74) is 0. The maximum absolute atomic E-state index is 5.68. The molecule has 3 heterocycles. The SMILES string of the molecule is COC1CC2NC(c3ccco3)C(c3ccco3)NC2CC1OC. The first-order valence-corrected chi connectivity index (χ1v) is 8.44. The van der Waals surface area contributed by atoms with E-state index in [-0.39, 0.29) is 24.3 Å². The number of ether oxygens (including phenoxy) is 2. The summed E-state index contributed by atoms with van der Waals surface area (Å²) in [7, 11) is 3.51. The van der Waals surface area contributed by atoms with Crippen molar-refractivity contribution in [3.63, 3.8) is 0 Å². The molecule has 1 saturated heterocycles. The maximum Gasteiger partial charge on any atom is 0.122 e. The third-order valence-electron chi connectivity index (χ3n) is 5.30. The average molecular weight is 332 g/mol. The number of nitrogens with one attached hydrogen (secondary N) is 2. The van der Waals surface area contributed by atoms with Crippen LogP contribution < -0.4 is 10.6 Å². The van der Waals surface area contributed by atoms with Crippen molar-refractivity contribution in [2.24, 2.45) is 0 Å². The van der Waals surface area contributed by atoms with Gasteiger partial charge in [-0.05, 0) is 37.1 Å². The molecule has 24 heavy (non-hydrogen) atoms. The molecule has 6 unspecified atom stereocenters. The molecule has 0 bridgehead atoms. The van der Waals surface area contributed by atoms with Crippen molar-refractivity contribution >= 4 is 0 Å². The highest BCUT2D eigenvalue weighted by Gasteiger charge is 2.45. The molecule has 130 valence electrons. The quantitative estimate of drug-likeness (QED) is 0.896. The Labute approximate surface area is 141 Å². The zero-order valence-corrected chi connectivity index (χ0v) is 14.0. The molecule has 0 spiro atoms. The van der Waals surface area contributed by atoms with Gasteiger partial charge in [-0.2, -0.15) is 0 Å². The summed E-state index contributed by atoms with van der Waals surface area (Å²) in [4.78, 5) is 0. The summed E-state index contributed by atoms with van der Waals surface area (Å²) in [6.45, 7) is 0. The Balaban J connectivity index is 1.61. The van der Waals surface area contributed by atoms with E-state index in [1.807, 2.05) is 24.3 Å². The van der Waals surface area contributed by atoms with Crippen molar-refractivity contribution in [1.29, 1.82) is 0 Å². The minimum atomic E-state index is 0.0176. The predicted molar refractivity (Wildman–Crippen MR) is 87.6 cm³/mol. The molecular formula is C18H24N2O4. The number of methoxy groups -OCH3 is 2. The van der Waals surface area contributed by atoms with E-state index in [2.05, 4.69) is 10.6 Å². The van der Waals surface area contributed by atoms with Crippen molar-refractivity contribution in [3.8, 4) is 0 Å². The molecule has 1 saturated carbocycles. The summed E-state index contributed by atoms with van der Waals surface area (Å²) >= 11 is 0. The summed E-state index contributed by atoms with van der Waals surface area (Å²) in [5, 5.41) is 7.51. The molecule has 2 N–H and O–H groups in total. The lowest BCUT2D eigenvalue weighted by Crippen LogP contribution is -2.63. The topological polar surface area (TPSA) is 68.8 Å². The fraction of sp³-hybridized carbons (Fsp3) is 0.556. The predicted octanol–water partition coefficient (Wildman–Crippen LogP) is 2.41. The van der Waals surface area contributed by atoms with Gasteiger partial charge in [0.05, 0.1) is 36.8 Å². The van der Waals surface area contributed by atoms with Crippen LogP contribution in [-0.2, 0) is 9.47 Å². The normalized spacial score (nSPS) is 36.4. The van der Waals surface area contributed by atoms with Gasteiger partial charge in [-0.25, -0.2) is 0 Å². The van der Waals surface area contributed by atoms with Crippen LogP contribution in [0.1, 0.15) is 36.4 Å². The third kappa shape index (κ3) is 2.80. The number of hydrogen-bond donors (Lipinski definition) is 2. The standard InChI is InChI=1S/C18H24N2O4/c1-21-15-9-11-12(10-16(15)22-2)20-18(14-6-4-8-24-14)17(19-11)13-5-3-7-23-13/h3-8,11-12,15-20H,9-10H2,1-2H3. The Morgan fingerprint density at radius 2 is 1.29 bits per heavy atom. The molecule has 0 aromatic carbocycles. The monoisotopic (exact) mass is 332 g/mol. The molecule has 1 aliphatic carbocycles. The van der Waals surface area contributed by atoms with Crippen molar-refractivity contribution in [1.82, 2.24) is 10.6 Å². The zero-order chi connectivity index (χ0) is 16.5. The zero-order valence-electron chi connectivity index (χ0n) is 14.0. The smallest absolute Gasteiger partial charge is 0.122 e. The summed E-state index contributed by atoms with van der Waals surface area (Å²) in [6, 6.07) is 8.47. The van der Waals surface area contributed by atoms with E-state index < -0.39 is 0 Å². The number of fused-ring (bicyclic) bond motifs is 1. The van der Waals surface area contributed by atoms with E-state index in [4.69, 9.17) is 18.3 Å². The minimum absolute atomic E-state index is 0.0176. The van der Waals surface area contributed by atoms with Crippen LogP contribution in [-0.4, -0.2) is 38.5 Å². The summed E-state index contributed by atoms with van der Waals surface area (Å²) in [5.74, 6) is 1.82. The maximum atomic E-state index is 5.68. The van der Waals surface area contributed by atoms with E-state index in [0.717, 1.165) is 24.4 Å². The Bertz CT molecular complexity index is 571. The molecule has 6 heteroatoms. The van der Waals surface area contributed by atoms with Crippen LogP contribution >= 0.6 is 0 Å². The molecule has 2 aromatic rings. The largest absolute Gasteiger partial charge is 0.468 e. The van der Waals surface area contributed by atoms with Gasteiger partial charge < -0.3 is 28.9 Å². The molecule has 6 nitrogen and oxygen atoms in total. The van der Waals surface area contributed by atoms with Crippen LogP contribution in [0.25, 0.3) is 0 Å². The summed E-state index contributed by atoms with van der Waals surface area (Å²) < 4.78 is 22.6. The van der Waals surface area contributed by atoms with E-state index in [0.29, 0.717) is 12.1 Å². The van der Waals surface area contributed by atoms with Gasteiger partial charge in [-0.3, -0.25) is 0 Å². The Morgan fingerprint density at radius 3 is 1.62 bits per heavy atom. The van der Waals surface area contributed by atoms with Crippen LogP contribution in [0.4, 0.5) is 0 Å². The first kappa shape index (κ1) is 15.9. The number of rotatable bonds is 4. The molecule has 0 radical (unpaired) electrons. The Kier molecular flexibility index (Phi) is 4.45. The van der Waals surface area contributed by atoms with Gasteiger partial charge in [-0.15, -0.1) is 0 Å². The Morgan fingerprint density at radius 1 is 0.833 bits per heavy atom. The van der Waals surface area contributed by atoms with E-state index in [1.54, 1.807) is 26.7 Å². The molecule has 2 aromatic heterocycles. The van der Waals surface area contributed by atoms with Gasteiger partial charge in [0.2, 0.25) is 0 Å². The first-order valence-electron chi connectivity index (χ1n) is 8.44. The van der Waals surface area contributed by atoms with Crippen molar-refractivity contribution in [2.75, 3.05) is 14.2 Å². The van der Waals surface area contributed by atoms with Crippen LogP contribution in [0.5, 0.6) is 0 Å². The van der Waals surface area contributed by atoms with Crippen molar-refractivity contribution in [3.05, 3.63) is 48.3 Å². The fourth-order valence-electron chi connectivity index (χ4n) is 4.08. The van der Waals surface area contributed by atoms with Gasteiger partial charge in [0, 0.05) is 26.3 Å². The number of hydrogen-bond acceptors (Lipinski definition) is 6.